The molecule has 3 rings (SSSR count). The van der Waals surface area contributed by atoms with Gasteiger partial charge in [-0.15, -0.1) is 0 Å². The highest BCUT2D eigenvalue weighted by molar-refractivity contribution is 7.92. The van der Waals surface area contributed by atoms with E-state index in [1.165, 1.54) is 30.3 Å². The molecule has 0 aliphatic heterocycles. The first-order valence-corrected chi connectivity index (χ1v) is 10.4. The van der Waals surface area contributed by atoms with Crippen LogP contribution in [0.2, 0.25) is 5.02 Å². The molecule has 0 saturated heterocycles. The largest absolute Gasteiger partial charge is 0.322 e. The van der Waals surface area contributed by atoms with Gasteiger partial charge in [0.1, 0.15) is 0 Å². The zero-order chi connectivity index (χ0) is 20.3. The molecule has 0 unspecified atom stereocenters. The van der Waals surface area contributed by atoms with Crippen molar-refractivity contribution >= 4 is 38.9 Å². The van der Waals surface area contributed by atoms with E-state index in [4.69, 9.17) is 11.6 Å². The molecule has 1 amide bonds. The van der Waals surface area contributed by atoms with Crippen molar-refractivity contribution in [1.82, 2.24) is 0 Å². The number of carbonyl (C=O) groups excluding carboxylic acids is 1. The second kappa shape index (κ2) is 8.04. The summed E-state index contributed by atoms with van der Waals surface area (Å²) in [5.41, 5.74) is 3.23. The summed E-state index contributed by atoms with van der Waals surface area (Å²) >= 11 is 6.16. The molecular weight excluding hydrogens is 396 g/mol. The standard InChI is InChI=1S/C21H19ClN2O3S/c1-14-8-9-16(12-15(14)2)23-21(25)19-13-17(10-11-20(19)22)24-28(26,27)18-6-4-3-5-7-18/h3-13,24H,1-2H3,(H,23,25). The quantitative estimate of drug-likeness (QED) is 0.616. The number of benzene rings is 3. The molecule has 3 aromatic rings. The Morgan fingerprint density at radius 2 is 1.54 bits per heavy atom. The Labute approximate surface area is 169 Å². The molecule has 2 N–H and O–H groups in total. The monoisotopic (exact) mass is 414 g/mol. The lowest BCUT2D eigenvalue weighted by Gasteiger charge is -2.12. The number of halogens is 1. The van der Waals surface area contributed by atoms with Crippen molar-refractivity contribution in [2.75, 3.05) is 10.0 Å². The molecule has 0 saturated carbocycles. The van der Waals surface area contributed by atoms with Crippen LogP contribution in [0, 0.1) is 13.8 Å². The third kappa shape index (κ3) is 4.52. The van der Waals surface area contributed by atoms with Gasteiger partial charge in [-0.3, -0.25) is 9.52 Å². The Hall–Kier alpha value is -2.83. The van der Waals surface area contributed by atoms with Gasteiger partial charge in [0.25, 0.3) is 15.9 Å². The number of aryl methyl sites for hydroxylation is 2. The van der Waals surface area contributed by atoms with Crippen LogP contribution in [-0.2, 0) is 10.0 Å². The highest BCUT2D eigenvalue weighted by Crippen LogP contribution is 2.24. The fourth-order valence-electron chi connectivity index (χ4n) is 2.59. The van der Waals surface area contributed by atoms with Crippen molar-refractivity contribution in [3.05, 3.63) is 88.4 Å². The topological polar surface area (TPSA) is 75.3 Å². The van der Waals surface area contributed by atoms with Crippen LogP contribution in [0.4, 0.5) is 11.4 Å². The molecule has 0 aliphatic carbocycles. The van der Waals surface area contributed by atoms with Gasteiger partial charge in [-0.1, -0.05) is 35.9 Å². The summed E-state index contributed by atoms with van der Waals surface area (Å²) < 4.78 is 27.4. The van der Waals surface area contributed by atoms with Gasteiger partial charge in [0.2, 0.25) is 0 Å². The van der Waals surface area contributed by atoms with E-state index in [2.05, 4.69) is 10.0 Å². The number of amides is 1. The fraction of sp³-hybridized carbons (Fsp3) is 0.0952. The number of nitrogens with one attached hydrogen (secondary N) is 2. The molecule has 0 heterocycles. The van der Waals surface area contributed by atoms with E-state index in [0.29, 0.717) is 5.69 Å². The SMILES string of the molecule is Cc1ccc(NC(=O)c2cc(NS(=O)(=O)c3ccccc3)ccc2Cl)cc1C. The van der Waals surface area contributed by atoms with Crippen LogP contribution in [0.5, 0.6) is 0 Å². The van der Waals surface area contributed by atoms with Crippen molar-refractivity contribution in [1.29, 1.82) is 0 Å². The van der Waals surface area contributed by atoms with Crippen LogP contribution in [0.1, 0.15) is 21.5 Å². The van der Waals surface area contributed by atoms with Gasteiger partial charge in [0.15, 0.2) is 0 Å². The summed E-state index contributed by atoms with van der Waals surface area (Å²) in [6.45, 7) is 3.94. The maximum atomic E-state index is 12.6. The van der Waals surface area contributed by atoms with E-state index in [1.54, 1.807) is 24.3 Å². The number of sulfonamides is 1. The molecule has 144 valence electrons. The average molecular weight is 415 g/mol. The third-order valence-corrected chi connectivity index (χ3v) is 6.01. The maximum Gasteiger partial charge on any atom is 0.261 e. The lowest BCUT2D eigenvalue weighted by Crippen LogP contribution is -2.15. The van der Waals surface area contributed by atoms with Gasteiger partial charge in [-0.05, 0) is 67.4 Å². The van der Waals surface area contributed by atoms with E-state index in [1.807, 2.05) is 26.0 Å². The molecule has 0 aromatic heterocycles. The molecular formula is C21H19ClN2O3S. The lowest BCUT2D eigenvalue weighted by atomic mass is 10.1. The molecule has 3 aromatic carbocycles. The minimum atomic E-state index is -3.76. The molecule has 7 heteroatoms. The summed E-state index contributed by atoms with van der Waals surface area (Å²) in [6, 6.07) is 18.0. The first-order valence-electron chi connectivity index (χ1n) is 8.52. The predicted octanol–water partition coefficient (Wildman–Crippen LogP) is 5.01. The molecule has 0 radical (unpaired) electrons. The summed E-state index contributed by atoms with van der Waals surface area (Å²) in [5.74, 6) is -0.422. The molecule has 0 aliphatic rings. The van der Waals surface area contributed by atoms with Crippen LogP contribution < -0.4 is 10.0 Å². The molecule has 0 bridgehead atoms. The Balaban J connectivity index is 1.85. The maximum absolute atomic E-state index is 12.6. The van der Waals surface area contributed by atoms with Gasteiger partial charge in [-0.2, -0.15) is 0 Å². The zero-order valence-corrected chi connectivity index (χ0v) is 16.9. The van der Waals surface area contributed by atoms with Gasteiger partial charge < -0.3 is 5.32 Å². The van der Waals surface area contributed by atoms with Crippen molar-refractivity contribution < 1.29 is 13.2 Å². The van der Waals surface area contributed by atoms with Gasteiger partial charge in [0.05, 0.1) is 15.5 Å². The van der Waals surface area contributed by atoms with Crippen LogP contribution in [0.3, 0.4) is 0 Å². The van der Waals surface area contributed by atoms with Crippen LogP contribution >= 0.6 is 11.6 Å². The van der Waals surface area contributed by atoms with E-state index < -0.39 is 15.9 Å². The van der Waals surface area contributed by atoms with Crippen LogP contribution in [0.25, 0.3) is 0 Å². The van der Waals surface area contributed by atoms with Crippen LogP contribution in [-0.4, -0.2) is 14.3 Å². The number of carbonyl (C=O) groups is 1. The number of hydrogen-bond acceptors (Lipinski definition) is 3. The lowest BCUT2D eigenvalue weighted by molar-refractivity contribution is 0.102. The first kappa shape index (κ1) is 19.9. The summed E-state index contributed by atoms with van der Waals surface area (Å²) in [6.07, 6.45) is 0. The summed E-state index contributed by atoms with van der Waals surface area (Å²) in [4.78, 5) is 12.8. The molecule has 0 spiro atoms. The second-order valence-corrected chi connectivity index (χ2v) is 8.46. The third-order valence-electron chi connectivity index (χ3n) is 4.28. The van der Waals surface area contributed by atoms with Crippen molar-refractivity contribution in [2.24, 2.45) is 0 Å². The Morgan fingerprint density at radius 1 is 0.857 bits per heavy atom. The average Bonchev–Trinajstić information content (AvgIpc) is 2.67. The smallest absolute Gasteiger partial charge is 0.261 e. The van der Waals surface area contributed by atoms with Crippen molar-refractivity contribution in [2.45, 2.75) is 18.7 Å². The van der Waals surface area contributed by atoms with Crippen molar-refractivity contribution in [3.8, 4) is 0 Å². The van der Waals surface area contributed by atoms with E-state index in [9.17, 15) is 13.2 Å². The highest BCUT2D eigenvalue weighted by Gasteiger charge is 2.17. The number of rotatable bonds is 5. The Bertz CT molecular complexity index is 1130. The van der Waals surface area contributed by atoms with E-state index in [-0.39, 0.29) is 21.2 Å². The minimum Gasteiger partial charge on any atom is -0.322 e. The minimum absolute atomic E-state index is 0.131. The van der Waals surface area contributed by atoms with E-state index >= 15 is 0 Å². The highest BCUT2D eigenvalue weighted by atomic mass is 35.5. The summed E-state index contributed by atoms with van der Waals surface area (Å²) in [5, 5.41) is 3.01. The van der Waals surface area contributed by atoms with E-state index in [0.717, 1.165) is 11.1 Å². The predicted molar refractivity (Wildman–Crippen MR) is 113 cm³/mol. The fourth-order valence-corrected chi connectivity index (χ4v) is 3.87. The molecule has 5 nitrogen and oxygen atoms in total. The second-order valence-electron chi connectivity index (χ2n) is 6.37. The zero-order valence-electron chi connectivity index (χ0n) is 15.4. The van der Waals surface area contributed by atoms with Crippen LogP contribution in [0.15, 0.2) is 71.6 Å². The van der Waals surface area contributed by atoms with Gasteiger partial charge in [-0.25, -0.2) is 8.42 Å². The normalized spacial score (nSPS) is 11.1. The van der Waals surface area contributed by atoms with Gasteiger partial charge in [0, 0.05) is 11.4 Å². The molecule has 28 heavy (non-hydrogen) atoms. The number of anilines is 2. The summed E-state index contributed by atoms with van der Waals surface area (Å²) in [7, 11) is -3.76. The van der Waals surface area contributed by atoms with Gasteiger partial charge >= 0.3 is 0 Å². The van der Waals surface area contributed by atoms with Crippen molar-refractivity contribution in [3.63, 3.8) is 0 Å². The molecule has 0 fully saturated rings. The number of hydrogen-bond donors (Lipinski definition) is 2. The Morgan fingerprint density at radius 3 is 2.21 bits per heavy atom. The first-order chi connectivity index (χ1) is 13.3. The molecule has 0 atom stereocenters. The Kier molecular flexibility index (Phi) is 5.72.